The summed E-state index contributed by atoms with van der Waals surface area (Å²) in [6, 6.07) is 0. The molecule has 0 aliphatic carbocycles. The molecule has 0 radical (unpaired) electrons. The second-order valence-electron chi connectivity index (χ2n) is 4.26. The molecule has 4 nitrogen and oxygen atoms in total. The average Bonchev–Trinajstić information content (AvgIpc) is 2.38. The van der Waals surface area contributed by atoms with Crippen molar-refractivity contribution in [3.63, 3.8) is 0 Å². The normalized spacial score (nSPS) is 20.4. The lowest BCUT2D eigenvalue weighted by molar-refractivity contribution is -0.179. The molecule has 1 rings (SSSR count). The third-order valence-corrected chi connectivity index (χ3v) is 2.67. The monoisotopic (exact) mass is 252 g/mol. The summed E-state index contributed by atoms with van der Waals surface area (Å²) in [5.74, 6) is 4.59. The van der Waals surface area contributed by atoms with E-state index in [1.165, 1.54) is 7.11 Å². The van der Waals surface area contributed by atoms with Gasteiger partial charge < -0.3 is 14.2 Å². The first kappa shape index (κ1) is 14.7. The predicted molar refractivity (Wildman–Crippen MR) is 67.7 cm³/mol. The molecule has 1 aliphatic heterocycles. The van der Waals surface area contributed by atoms with Crippen LogP contribution in [0.4, 0.5) is 0 Å². The molecule has 0 aromatic heterocycles. The number of hydrogen-bond acceptors (Lipinski definition) is 4. The molecule has 0 spiro atoms. The quantitative estimate of drug-likeness (QED) is 0.332. The van der Waals surface area contributed by atoms with Gasteiger partial charge in [-0.3, -0.25) is 0 Å². The Labute approximate surface area is 108 Å². The minimum Gasteiger partial charge on any atom is -0.459 e. The van der Waals surface area contributed by atoms with Gasteiger partial charge in [-0.05, 0) is 26.2 Å². The fourth-order valence-corrected chi connectivity index (χ4v) is 1.61. The first-order chi connectivity index (χ1) is 8.63. The maximum atomic E-state index is 10.9. The van der Waals surface area contributed by atoms with E-state index in [1.54, 1.807) is 0 Å². The van der Waals surface area contributed by atoms with Crippen LogP contribution in [0.1, 0.15) is 32.6 Å². The molecular weight excluding hydrogens is 232 g/mol. The highest BCUT2D eigenvalue weighted by Gasteiger charge is 2.19. The second-order valence-corrected chi connectivity index (χ2v) is 4.26. The Balaban J connectivity index is 2.45. The summed E-state index contributed by atoms with van der Waals surface area (Å²) in [7, 11) is 1.31. The van der Waals surface area contributed by atoms with Crippen LogP contribution in [0.25, 0.3) is 0 Å². The smallest absolute Gasteiger partial charge is 0.384 e. The minimum atomic E-state index is -0.538. The van der Waals surface area contributed by atoms with Crippen molar-refractivity contribution in [3.05, 3.63) is 12.2 Å². The standard InChI is InChI=1S/C14H20O4/c1-11(2)12(7-6-8-13(15)16-3)18-14-9-4-5-10-17-14/h12,14H,1,4-5,7,9-10H2,2-3H3. The first-order valence-electron chi connectivity index (χ1n) is 6.12. The molecule has 0 saturated carbocycles. The van der Waals surface area contributed by atoms with E-state index in [-0.39, 0.29) is 12.4 Å². The van der Waals surface area contributed by atoms with E-state index in [4.69, 9.17) is 9.47 Å². The van der Waals surface area contributed by atoms with Crippen molar-refractivity contribution in [3.8, 4) is 11.8 Å². The van der Waals surface area contributed by atoms with Gasteiger partial charge in [0.2, 0.25) is 0 Å². The first-order valence-corrected chi connectivity index (χ1v) is 6.12. The van der Waals surface area contributed by atoms with E-state index in [0.717, 1.165) is 31.4 Å². The van der Waals surface area contributed by atoms with Crippen molar-refractivity contribution in [1.29, 1.82) is 0 Å². The molecule has 18 heavy (non-hydrogen) atoms. The zero-order valence-corrected chi connectivity index (χ0v) is 11.0. The Kier molecular flexibility index (Phi) is 6.48. The van der Waals surface area contributed by atoms with Gasteiger partial charge in [0.25, 0.3) is 0 Å². The van der Waals surface area contributed by atoms with Crippen LogP contribution in [0.2, 0.25) is 0 Å². The van der Waals surface area contributed by atoms with Crippen LogP contribution in [0, 0.1) is 11.8 Å². The second kappa shape index (κ2) is 7.91. The summed E-state index contributed by atoms with van der Waals surface area (Å²) in [5.41, 5.74) is 0.878. The summed E-state index contributed by atoms with van der Waals surface area (Å²) in [4.78, 5) is 10.9. The predicted octanol–water partition coefficient (Wildman–Crippen LogP) is 2.04. The average molecular weight is 252 g/mol. The molecule has 2 unspecified atom stereocenters. The van der Waals surface area contributed by atoms with Crippen LogP contribution < -0.4 is 0 Å². The Morgan fingerprint density at radius 2 is 2.33 bits per heavy atom. The van der Waals surface area contributed by atoms with Crippen molar-refractivity contribution in [2.75, 3.05) is 13.7 Å². The lowest BCUT2D eigenvalue weighted by Gasteiger charge is -2.27. The van der Waals surface area contributed by atoms with Crippen molar-refractivity contribution in [1.82, 2.24) is 0 Å². The van der Waals surface area contributed by atoms with Crippen molar-refractivity contribution >= 4 is 5.97 Å². The fourth-order valence-electron chi connectivity index (χ4n) is 1.61. The largest absolute Gasteiger partial charge is 0.459 e. The summed E-state index contributed by atoms with van der Waals surface area (Å²) in [5, 5.41) is 0. The molecule has 0 amide bonds. The molecule has 2 atom stereocenters. The van der Waals surface area contributed by atoms with E-state index in [2.05, 4.69) is 23.2 Å². The third kappa shape index (κ3) is 5.35. The van der Waals surface area contributed by atoms with Crippen LogP contribution in [-0.2, 0) is 19.0 Å². The van der Waals surface area contributed by atoms with Gasteiger partial charge in [0.15, 0.2) is 6.29 Å². The minimum absolute atomic E-state index is 0.180. The lowest BCUT2D eigenvalue weighted by Crippen LogP contribution is -2.28. The number of rotatable bonds is 4. The number of ether oxygens (including phenoxy) is 3. The molecule has 1 aliphatic rings. The topological polar surface area (TPSA) is 44.8 Å². The number of carbonyl (C=O) groups is 1. The maximum Gasteiger partial charge on any atom is 0.384 e. The van der Waals surface area contributed by atoms with Crippen molar-refractivity contribution < 1.29 is 19.0 Å². The van der Waals surface area contributed by atoms with Gasteiger partial charge in [-0.15, -0.1) is 0 Å². The van der Waals surface area contributed by atoms with Crippen LogP contribution in [-0.4, -0.2) is 32.1 Å². The molecule has 1 saturated heterocycles. The van der Waals surface area contributed by atoms with Crippen LogP contribution >= 0.6 is 0 Å². The Morgan fingerprint density at radius 3 is 2.89 bits per heavy atom. The van der Waals surface area contributed by atoms with E-state index >= 15 is 0 Å². The van der Waals surface area contributed by atoms with Crippen molar-refractivity contribution in [2.24, 2.45) is 0 Å². The summed E-state index contributed by atoms with van der Waals surface area (Å²) >= 11 is 0. The molecule has 0 aromatic rings. The van der Waals surface area contributed by atoms with Crippen LogP contribution in [0.15, 0.2) is 12.2 Å². The summed E-state index contributed by atoms with van der Waals surface area (Å²) in [6.07, 6.45) is 3.13. The van der Waals surface area contributed by atoms with Gasteiger partial charge in [-0.1, -0.05) is 18.1 Å². The highest BCUT2D eigenvalue weighted by atomic mass is 16.7. The van der Waals surface area contributed by atoms with Crippen LogP contribution in [0.3, 0.4) is 0 Å². The summed E-state index contributed by atoms with van der Waals surface area (Å²) < 4.78 is 15.7. The van der Waals surface area contributed by atoms with Gasteiger partial charge in [0.05, 0.1) is 13.2 Å². The Morgan fingerprint density at radius 1 is 1.56 bits per heavy atom. The SMILES string of the molecule is C=C(C)C(CC#CC(=O)OC)OC1CCCCO1. The van der Waals surface area contributed by atoms with Gasteiger partial charge in [-0.25, -0.2) is 4.79 Å². The molecule has 1 heterocycles. The zero-order valence-electron chi connectivity index (χ0n) is 11.0. The van der Waals surface area contributed by atoms with Gasteiger partial charge in [0.1, 0.15) is 0 Å². The Hall–Kier alpha value is -1.31. The van der Waals surface area contributed by atoms with Gasteiger partial charge >= 0.3 is 5.97 Å². The van der Waals surface area contributed by atoms with Gasteiger partial charge in [0, 0.05) is 18.9 Å². The third-order valence-electron chi connectivity index (χ3n) is 2.67. The highest BCUT2D eigenvalue weighted by molar-refractivity contribution is 5.88. The molecule has 100 valence electrons. The number of carbonyl (C=O) groups excluding carboxylic acids is 1. The molecule has 1 fully saturated rings. The molecule has 4 heteroatoms. The molecule has 0 aromatic carbocycles. The van der Waals surface area contributed by atoms with E-state index in [0.29, 0.717) is 6.42 Å². The molecule has 0 bridgehead atoms. The number of esters is 1. The summed E-state index contributed by atoms with van der Waals surface area (Å²) in [6.45, 7) is 6.49. The zero-order chi connectivity index (χ0) is 13.4. The number of methoxy groups -OCH3 is 1. The fraction of sp³-hybridized carbons (Fsp3) is 0.643. The van der Waals surface area contributed by atoms with Crippen molar-refractivity contribution in [2.45, 2.75) is 45.0 Å². The number of hydrogen-bond donors (Lipinski definition) is 0. The van der Waals surface area contributed by atoms with E-state index < -0.39 is 5.97 Å². The molecule has 0 N–H and O–H groups in total. The lowest BCUT2D eigenvalue weighted by atomic mass is 10.1. The van der Waals surface area contributed by atoms with Gasteiger partial charge in [-0.2, -0.15) is 0 Å². The highest BCUT2D eigenvalue weighted by Crippen LogP contribution is 2.19. The van der Waals surface area contributed by atoms with E-state index in [1.807, 2.05) is 6.92 Å². The van der Waals surface area contributed by atoms with E-state index in [9.17, 15) is 4.79 Å². The molecular formula is C14H20O4. The van der Waals surface area contributed by atoms with Crippen LogP contribution in [0.5, 0.6) is 0 Å². The Bertz CT molecular complexity index is 345. The maximum absolute atomic E-state index is 10.9.